The van der Waals surface area contributed by atoms with Crippen LogP contribution in [-0.4, -0.2) is 40.5 Å². The second-order valence-electron chi connectivity index (χ2n) is 4.54. The first-order chi connectivity index (χ1) is 8.69. The number of anilines is 1. The van der Waals surface area contributed by atoms with Crippen molar-refractivity contribution in [3.63, 3.8) is 0 Å². The van der Waals surface area contributed by atoms with Gasteiger partial charge in [-0.1, -0.05) is 6.92 Å². The zero-order chi connectivity index (χ0) is 13.0. The first kappa shape index (κ1) is 12.8. The van der Waals surface area contributed by atoms with Crippen LogP contribution in [-0.2, 0) is 0 Å². The van der Waals surface area contributed by atoms with Gasteiger partial charge >= 0.3 is 5.82 Å². The highest BCUT2D eigenvalue weighted by Gasteiger charge is 2.19. The van der Waals surface area contributed by atoms with Crippen LogP contribution in [0, 0.1) is 10.1 Å². The van der Waals surface area contributed by atoms with Crippen LogP contribution < -0.4 is 5.32 Å². The third-order valence-electron chi connectivity index (χ3n) is 3.26. The summed E-state index contributed by atoms with van der Waals surface area (Å²) in [6, 6.07) is 3.56. The largest absolute Gasteiger partial charge is 0.378 e. The molecule has 18 heavy (non-hydrogen) atoms. The van der Waals surface area contributed by atoms with E-state index in [2.05, 4.69) is 22.1 Å². The number of nitro groups is 1. The summed E-state index contributed by atoms with van der Waals surface area (Å²) in [7, 11) is 0. The standard InChI is InChI=1S/C12H18N4O2/c1-2-15-7-3-4-11(9-15)14-10-5-6-12(13-8-10)16(17)18/h5-6,8,11,14H,2-4,7,9H2,1H3. The fraction of sp³-hybridized carbons (Fsp3) is 0.583. The van der Waals surface area contributed by atoms with Crippen molar-refractivity contribution >= 4 is 11.5 Å². The lowest BCUT2D eigenvalue weighted by molar-refractivity contribution is -0.389. The molecule has 1 atom stereocenters. The van der Waals surface area contributed by atoms with E-state index in [0.717, 1.165) is 31.7 Å². The topological polar surface area (TPSA) is 71.3 Å². The van der Waals surface area contributed by atoms with E-state index in [1.807, 2.05) is 0 Å². The summed E-state index contributed by atoms with van der Waals surface area (Å²) in [5.41, 5.74) is 0.851. The molecule has 0 aliphatic carbocycles. The van der Waals surface area contributed by atoms with E-state index >= 15 is 0 Å². The molecule has 1 aromatic heterocycles. The summed E-state index contributed by atoms with van der Waals surface area (Å²) < 4.78 is 0. The van der Waals surface area contributed by atoms with Crippen LogP contribution in [0.4, 0.5) is 11.5 Å². The van der Waals surface area contributed by atoms with Crippen LogP contribution in [0.25, 0.3) is 0 Å². The van der Waals surface area contributed by atoms with Gasteiger partial charge in [-0.15, -0.1) is 0 Å². The minimum Gasteiger partial charge on any atom is -0.378 e. The fourth-order valence-corrected chi connectivity index (χ4v) is 2.28. The minimum absolute atomic E-state index is 0.112. The van der Waals surface area contributed by atoms with Crippen molar-refractivity contribution < 1.29 is 4.92 Å². The summed E-state index contributed by atoms with van der Waals surface area (Å²) in [6.45, 7) is 5.41. The van der Waals surface area contributed by atoms with Crippen molar-refractivity contribution in [2.45, 2.75) is 25.8 Å². The molecule has 0 spiro atoms. The van der Waals surface area contributed by atoms with Crippen LogP contribution in [0.15, 0.2) is 18.3 Å². The molecule has 2 heterocycles. The molecule has 1 aromatic rings. The maximum Gasteiger partial charge on any atom is 0.363 e. The van der Waals surface area contributed by atoms with E-state index in [1.54, 1.807) is 6.07 Å². The molecule has 0 saturated carbocycles. The van der Waals surface area contributed by atoms with Gasteiger partial charge in [0.2, 0.25) is 0 Å². The van der Waals surface area contributed by atoms with Gasteiger partial charge in [0, 0.05) is 18.7 Å². The Hall–Kier alpha value is -1.69. The molecule has 0 amide bonds. The number of pyridine rings is 1. The Morgan fingerprint density at radius 1 is 1.61 bits per heavy atom. The van der Waals surface area contributed by atoms with Gasteiger partial charge < -0.3 is 20.3 Å². The Morgan fingerprint density at radius 2 is 2.44 bits per heavy atom. The Bertz CT molecular complexity index is 407. The number of nitrogens with zero attached hydrogens (tertiary/aromatic N) is 3. The van der Waals surface area contributed by atoms with E-state index in [9.17, 15) is 10.1 Å². The number of nitrogens with one attached hydrogen (secondary N) is 1. The van der Waals surface area contributed by atoms with E-state index in [4.69, 9.17) is 0 Å². The Balaban J connectivity index is 1.94. The minimum atomic E-state index is -0.483. The summed E-state index contributed by atoms with van der Waals surface area (Å²) in [5.74, 6) is -0.112. The van der Waals surface area contributed by atoms with Crippen LogP contribution in [0.2, 0.25) is 0 Å². The summed E-state index contributed by atoms with van der Waals surface area (Å²) in [4.78, 5) is 16.2. The molecule has 1 aliphatic heterocycles. The molecule has 98 valence electrons. The van der Waals surface area contributed by atoms with Gasteiger partial charge in [-0.05, 0) is 41.9 Å². The number of hydrogen-bond acceptors (Lipinski definition) is 5. The average molecular weight is 250 g/mol. The molecule has 0 bridgehead atoms. The maximum absolute atomic E-state index is 10.5. The molecule has 1 saturated heterocycles. The molecule has 6 nitrogen and oxygen atoms in total. The Morgan fingerprint density at radius 3 is 3.06 bits per heavy atom. The quantitative estimate of drug-likeness (QED) is 0.652. The zero-order valence-corrected chi connectivity index (χ0v) is 10.5. The van der Waals surface area contributed by atoms with Crippen LogP contribution >= 0.6 is 0 Å². The number of rotatable bonds is 4. The van der Waals surface area contributed by atoms with E-state index in [-0.39, 0.29) is 5.82 Å². The lowest BCUT2D eigenvalue weighted by atomic mass is 10.1. The molecule has 1 N–H and O–H groups in total. The normalized spacial score (nSPS) is 20.6. The first-order valence-corrected chi connectivity index (χ1v) is 6.28. The van der Waals surface area contributed by atoms with Gasteiger partial charge in [-0.25, -0.2) is 0 Å². The van der Waals surface area contributed by atoms with Crippen LogP contribution in [0.5, 0.6) is 0 Å². The van der Waals surface area contributed by atoms with Gasteiger partial charge in [-0.2, -0.15) is 0 Å². The van der Waals surface area contributed by atoms with E-state index < -0.39 is 4.92 Å². The zero-order valence-electron chi connectivity index (χ0n) is 10.5. The summed E-state index contributed by atoms with van der Waals surface area (Å²) in [5, 5.41) is 13.9. The summed E-state index contributed by atoms with van der Waals surface area (Å²) in [6.07, 6.45) is 3.85. The molecule has 6 heteroatoms. The van der Waals surface area contributed by atoms with Gasteiger partial charge in [0.05, 0.1) is 5.69 Å². The smallest absolute Gasteiger partial charge is 0.363 e. The summed E-state index contributed by atoms with van der Waals surface area (Å²) >= 11 is 0. The highest BCUT2D eigenvalue weighted by Crippen LogP contribution is 2.17. The monoisotopic (exact) mass is 250 g/mol. The van der Waals surface area contributed by atoms with Crippen molar-refractivity contribution in [3.8, 4) is 0 Å². The number of piperidine rings is 1. The predicted octanol–water partition coefficient (Wildman–Crippen LogP) is 1.89. The molecular formula is C12H18N4O2. The van der Waals surface area contributed by atoms with Crippen LogP contribution in [0.1, 0.15) is 19.8 Å². The molecule has 0 radical (unpaired) electrons. The maximum atomic E-state index is 10.5. The number of likely N-dealkylation sites (N-methyl/N-ethyl adjacent to an activating group) is 1. The van der Waals surface area contributed by atoms with Crippen LogP contribution in [0.3, 0.4) is 0 Å². The van der Waals surface area contributed by atoms with Gasteiger partial charge in [0.15, 0.2) is 6.20 Å². The molecule has 2 rings (SSSR count). The first-order valence-electron chi connectivity index (χ1n) is 6.28. The van der Waals surface area contributed by atoms with Gasteiger partial charge in [0.1, 0.15) is 0 Å². The molecule has 1 fully saturated rings. The molecule has 1 aliphatic rings. The lowest BCUT2D eigenvalue weighted by Crippen LogP contribution is -2.41. The highest BCUT2D eigenvalue weighted by atomic mass is 16.6. The molecule has 1 unspecified atom stereocenters. The molecule has 0 aromatic carbocycles. The lowest BCUT2D eigenvalue weighted by Gasteiger charge is -2.32. The Labute approximate surface area is 106 Å². The number of likely N-dealkylation sites (tertiary alicyclic amines) is 1. The SMILES string of the molecule is CCN1CCCC(Nc2ccc([N+](=O)[O-])nc2)C1. The van der Waals surface area contributed by atoms with Gasteiger partial charge in [0.25, 0.3) is 0 Å². The van der Waals surface area contributed by atoms with E-state index in [0.29, 0.717) is 6.04 Å². The van der Waals surface area contributed by atoms with Crippen molar-refractivity contribution in [3.05, 3.63) is 28.4 Å². The second kappa shape index (κ2) is 5.77. The highest BCUT2D eigenvalue weighted by molar-refractivity contribution is 5.44. The van der Waals surface area contributed by atoms with Crippen molar-refractivity contribution in [2.75, 3.05) is 25.0 Å². The van der Waals surface area contributed by atoms with Crippen molar-refractivity contribution in [1.82, 2.24) is 9.88 Å². The molecular weight excluding hydrogens is 232 g/mol. The number of hydrogen-bond donors (Lipinski definition) is 1. The number of aromatic nitrogens is 1. The third kappa shape index (κ3) is 3.16. The van der Waals surface area contributed by atoms with Gasteiger partial charge in [-0.3, -0.25) is 0 Å². The average Bonchev–Trinajstić information content (AvgIpc) is 2.39. The van der Waals surface area contributed by atoms with Crippen molar-refractivity contribution in [1.29, 1.82) is 0 Å². The predicted molar refractivity (Wildman–Crippen MR) is 69.7 cm³/mol. The Kier molecular flexibility index (Phi) is 4.09. The second-order valence-corrected chi connectivity index (χ2v) is 4.54. The van der Waals surface area contributed by atoms with Crippen molar-refractivity contribution in [2.24, 2.45) is 0 Å². The third-order valence-corrected chi connectivity index (χ3v) is 3.26. The fourth-order valence-electron chi connectivity index (χ4n) is 2.28. The van der Waals surface area contributed by atoms with E-state index in [1.165, 1.54) is 18.7 Å².